The smallest absolute Gasteiger partial charge is 0.221 e. The molecule has 2 aromatic rings. The standard InChI is InChI=1S/C19H25N3O/c1-20-18(14-22-12-3-4-13-22)16-9-7-15(8-10-16)17-6-5-11-21-19(17)23-2/h5-11,18,20H,3-4,12-14H2,1-2H3. The van der Waals surface area contributed by atoms with E-state index in [9.17, 15) is 0 Å². The molecule has 1 saturated heterocycles. The van der Waals surface area contributed by atoms with Crippen molar-refractivity contribution in [2.24, 2.45) is 0 Å². The van der Waals surface area contributed by atoms with Crippen LogP contribution in [0.4, 0.5) is 0 Å². The molecule has 1 unspecified atom stereocenters. The summed E-state index contributed by atoms with van der Waals surface area (Å²) in [5.41, 5.74) is 3.49. The number of likely N-dealkylation sites (tertiary alicyclic amines) is 1. The molecule has 0 spiro atoms. The highest BCUT2D eigenvalue weighted by molar-refractivity contribution is 5.68. The molecule has 0 amide bonds. The van der Waals surface area contributed by atoms with Crippen LogP contribution in [0, 0.1) is 0 Å². The maximum absolute atomic E-state index is 5.36. The van der Waals surface area contributed by atoms with Crippen LogP contribution in [-0.2, 0) is 0 Å². The Labute approximate surface area is 138 Å². The van der Waals surface area contributed by atoms with E-state index >= 15 is 0 Å². The molecule has 0 saturated carbocycles. The maximum atomic E-state index is 5.36. The van der Waals surface area contributed by atoms with Crippen molar-refractivity contribution >= 4 is 0 Å². The molecular formula is C19H25N3O. The minimum Gasteiger partial charge on any atom is -0.481 e. The Balaban J connectivity index is 1.77. The fourth-order valence-corrected chi connectivity index (χ4v) is 3.25. The number of aromatic nitrogens is 1. The molecule has 2 heterocycles. The van der Waals surface area contributed by atoms with Crippen LogP contribution in [0.2, 0.25) is 0 Å². The fourth-order valence-electron chi connectivity index (χ4n) is 3.25. The molecule has 1 aromatic heterocycles. The van der Waals surface area contributed by atoms with E-state index in [2.05, 4.69) is 39.5 Å². The van der Waals surface area contributed by atoms with Crippen LogP contribution in [0.3, 0.4) is 0 Å². The summed E-state index contributed by atoms with van der Waals surface area (Å²) in [6.45, 7) is 3.53. The molecular weight excluding hydrogens is 286 g/mol. The molecule has 1 aliphatic heterocycles. The average Bonchev–Trinajstić information content (AvgIpc) is 3.13. The van der Waals surface area contributed by atoms with Crippen LogP contribution in [0.15, 0.2) is 42.6 Å². The summed E-state index contributed by atoms with van der Waals surface area (Å²) in [7, 11) is 3.70. The first-order chi connectivity index (χ1) is 11.3. The van der Waals surface area contributed by atoms with E-state index in [0.29, 0.717) is 11.9 Å². The maximum Gasteiger partial charge on any atom is 0.221 e. The molecule has 23 heavy (non-hydrogen) atoms. The molecule has 0 aliphatic carbocycles. The second-order valence-electron chi connectivity index (χ2n) is 6.03. The van der Waals surface area contributed by atoms with E-state index in [-0.39, 0.29) is 0 Å². The lowest BCUT2D eigenvalue weighted by atomic mass is 10.0. The Kier molecular flexibility index (Phi) is 5.26. The van der Waals surface area contributed by atoms with E-state index in [1.165, 1.54) is 31.5 Å². The van der Waals surface area contributed by atoms with Gasteiger partial charge in [-0.25, -0.2) is 4.98 Å². The van der Waals surface area contributed by atoms with Crippen molar-refractivity contribution in [3.05, 3.63) is 48.2 Å². The minimum absolute atomic E-state index is 0.373. The van der Waals surface area contributed by atoms with Gasteiger partial charge in [0.05, 0.1) is 7.11 Å². The van der Waals surface area contributed by atoms with Gasteiger partial charge in [0.25, 0.3) is 0 Å². The van der Waals surface area contributed by atoms with Crippen molar-refractivity contribution in [2.75, 3.05) is 33.8 Å². The van der Waals surface area contributed by atoms with Crippen LogP contribution in [0.5, 0.6) is 5.88 Å². The zero-order chi connectivity index (χ0) is 16.1. The van der Waals surface area contributed by atoms with Gasteiger partial charge in [0, 0.05) is 24.3 Å². The van der Waals surface area contributed by atoms with Gasteiger partial charge in [0.15, 0.2) is 0 Å². The van der Waals surface area contributed by atoms with Crippen molar-refractivity contribution in [1.29, 1.82) is 0 Å². The number of hydrogen-bond donors (Lipinski definition) is 1. The van der Waals surface area contributed by atoms with E-state index in [4.69, 9.17) is 4.74 Å². The van der Waals surface area contributed by atoms with Gasteiger partial charge in [0.1, 0.15) is 0 Å². The molecule has 1 aliphatic rings. The van der Waals surface area contributed by atoms with Crippen LogP contribution in [0.25, 0.3) is 11.1 Å². The lowest BCUT2D eigenvalue weighted by molar-refractivity contribution is 0.299. The number of methoxy groups -OCH3 is 1. The van der Waals surface area contributed by atoms with Gasteiger partial charge in [-0.2, -0.15) is 0 Å². The quantitative estimate of drug-likeness (QED) is 0.889. The Morgan fingerprint density at radius 3 is 2.57 bits per heavy atom. The first-order valence-corrected chi connectivity index (χ1v) is 8.31. The predicted octanol–water partition coefficient (Wildman–Crippen LogP) is 3.11. The van der Waals surface area contributed by atoms with Gasteiger partial charge in [-0.1, -0.05) is 24.3 Å². The Morgan fingerprint density at radius 2 is 1.91 bits per heavy atom. The van der Waals surface area contributed by atoms with Gasteiger partial charge < -0.3 is 15.0 Å². The molecule has 3 rings (SSSR count). The van der Waals surface area contributed by atoms with E-state index < -0.39 is 0 Å². The third kappa shape index (κ3) is 3.71. The van der Waals surface area contributed by atoms with E-state index in [1.807, 2.05) is 19.2 Å². The normalized spacial score (nSPS) is 16.4. The molecule has 1 aromatic carbocycles. The largest absolute Gasteiger partial charge is 0.481 e. The number of likely N-dealkylation sites (N-methyl/N-ethyl adjacent to an activating group) is 1. The summed E-state index contributed by atoms with van der Waals surface area (Å²) < 4.78 is 5.36. The van der Waals surface area contributed by atoms with Crippen molar-refractivity contribution in [3.8, 4) is 17.0 Å². The topological polar surface area (TPSA) is 37.4 Å². The second kappa shape index (κ2) is 7.57. The number of hydrogen-bond acceptors (Lipinski definition) is 4. The van der Waals surface area contributed by atoms with Gasteiger partial charge in [-0.15, -0.1) is 0 Å². The van der Waals surface area contributed by atoms with Gasteiger partial charge in [0.2, 0.25) is 5.88 Å². The molecule has 4 heteroatoms. The van der Waals surface area contributed by atoms with E-state index in [1.54, 1.807) is 13.3 Å². The third-order valence-corrected chi connectivity index (χ3v) is 4.58. The molecule has 4 nitrogen and oxygen atoms in total. The third-order valence-electron chi connectivity index (χ3n) is 4.58. The van der Waals surface area contributed by atoms with Crippen molar-refractivity contribution in [2.45, 2.75) is 18.9 Å². The Morgan fingerprint density at radius 1 is 1.17 bits per heavy atom. The summed E-state index contributed by atoms with van der Waals surface area (Å²) in [6.07, 6.45) is 4.41. The summed E-state index contributed by atoms with van der Waals surface area (Å²) in [5, 5.41) is 3.45. The monoisotopic (exact) mass is 311 g/mol. The van der Waals surface area contributed by atoms with Gasteiger partial charge in [-0.05, 0) is 56.2 Å². The molecule has 1 N–H and O–H groups in total. The Bertz CT molecular complexity index is 621. The number of benzene rings is 1. The van der Waals surface area contributed by atoms with Crippen LogP contribution in [-0.4, -0.2) is 43.7 Å². The summed E-state index contributed by atoms with van der Waals surface area (Å²) >= 11 is 0. The number of rotatable bonds is 6. The first-order valence-electron chi connectivity index (χ1n) is 8.31. The number of nitrogens with one attached hydrogen (secondary N) is 1. The summed E-state index contributed by atoms with van der Waals surface area (Å²) in [5.74, 6) is 0.669. The molecule has 0 radical (unpaired) electrons. The predicted molar refractivity (Wildman–Crippen MR) is 93.7 cm³/mol. The lowest BCUT2D eigenvalue weighted by Gasteiger charge is -2.23. The first kappa shape index (κ1) is 16.0. The summed E-state index contributed by atoms with van der Waals surface area (Å²) in [6, 6.07) is 13.1. The highest BCUT2D eigenvalue weighted by Crippen LogP contribution is 2.28. The van der Waals surface area contributed by atoms with Gasteiger partial charge in [-0.3, -0.25) is 0 Å². The average molecular weight is 311 g/mol. The molecule has 1 atom stereocenters. The van der Waals surface area contributed by atoms with E-state index in [0.717, 1.165) is 17.7 Å². The van der Waals surface area contributed by atoms with Crippen LogP contribution in [0.1, 0.15) is 24.4 Å². The zero-order valence-corrected chi connectivity index (χ0v) is 14.0. The minimum atomic E-state index is 0.373. The zero-order valence-electron chi connectivity index (χ0n) is 14.0. The molecule has 0 bridgehead atoms. The summed E-state index contributed by atoms with van der Waals surface area (Å²) in [4.78, 5) is 6.82. The number of ether oxygens (including phenoxy) is 1. The van der Waals surface area contributed by atoms with Crippen molar-refractivity contribution in [3.63, 3.8) is 0 Å². The van der Waals surface area contributed by atoms with Crippen molar-refractivity contribution < 1.29 is 4.74 Å². The Hall–Kier alpha value is -1.91. The number of nitrogens with zero attached hydrogens (tertiary/aromatic N) is 2. The second-order valence-corrected chi connectivity index (χ2v) is 6.03. The highest BCUT2D eigenvalue weighted by atomic mass is 16.5. The fraction of sp³-hybridized carbons (Fsp3) is 0.421. The van der Waals surface area contributed by atoms with Crippen LogP contribution >= 0.6 is 0 Å². The van der Waals surface area contributed by atoms with Crippen LogP contribution < -0.4 is 10.1 Å². The lowest BCUT2D eigenvalue weighted by Crippen LogP contribution is -2.31. The van der Waals surface area contributed by atoms with Crippen molar-refractivity contribution in [1.82, 2.24) is 15.2 Å². The SMILES string of the molecule is CNC(CN1CCCC1)c1ccc(-c2cccnc2OC)cc1. The van der Waals surface area contributed by atoms with Gasteiger partial charge >= 0.3 is 0 Å². The highest BCUT2D eigenvalue weighted by Gasteiger charge is 2.18. The molecule has 122 valence electrons. The molecule has 1 fully saturated rings. The number of pyridine rings is 1.